The van der Waals surface area contributed by atoms with Gasteiger partial charge >= 0.3 is 0 Å². The number of benzene rings is 3. The Bertz CT molecular complexity index is 1180. The lowest BCUT2D eigenvalue weighted by Gasteiger charge is -2.18. The minimum atomic E-state index is 0.0292. The van der Waals surface area contributed by atoms with Crippen molar-refractivity contribution < 1.29 is 4.74 Å². The van der Waals surface area contributed by atoms with Crippen LogP contribution in [0.4, 0.5) is 0 Å². The number of rotatable bonds is 6. The third-order valence-electron chi connectivity index (χ3n) is 5.27. The first-order valence-corrected chi connectivity index (χ1v) is 9.68. The quantitative estimate of drug-likeness (QED) is 0.532. The number of nitrogens with zero attached hydrogens (tertiary/aromatic N) is 1. The Labute approximate surface area is 170 Å². The lowest BCUT2D eigenvalue weighted by Crippen LogP contribution is -2.25. The number of hydrogen-bond donors (Lipinski definition) is 1. The Kier molecular flexibility index (Phi) is 5.45. The van der Waals surface area contributed by atoms with Gasteiger partial charge in [-0.2, -0.15) is 0 Å². The smallest absolute Gasteiger partial charge is 0.258 e. The topological polar surface area (TPSA) is 43.3 Å². The Balaban J connectivity index is 1.72. The van der Waals surface area contributed by atoms with Gasteiger partial charge in [0, 0.05) is 36.8 Å². The van der Waals surface area contributed by atoms with E-state index in [0.717, 1.165) is 38.9 Å². The molecule has 0 fully saturated rings. The normalized spacial score (nSPS) is 11.0. The van der Waals surface area contributed by atoms with E-state index >= 15 is 0 Å². The molecule has 4 aromatic rings. The van der Waals surface area contributed by atoms with E-state index in [1.54, 1.807) is 11.7 Å². The van der Waals surface area contributed by atoms with Gasteiger partial charge in [-0.15, -0.1) is 0 Å². The summed E-state index contributed by atoms with van der Waals surface area (Å²) in [6.07, 6.45) is 0. The number of nitrogens with one attached hydrogen (secondary N) is 1. The minimum absolute atomic E-state index is 0.0292. The molecular formula is C25H24N2O2. The van der Waals surface area contributed by atoms with Crippen molar-refractivity contribution in [3.8, 4) is 16.9 Å². The Morgan fingerprint density at radius 3 is 2.17 bits per heavy atom. The third-order valence-corrected chi connectivity index (χ3v) is 5.27. The lowest BCUT2D eigenvalue weighted by atomic mass is 9.96. The lowest BCUT2D eigenvalue weighted by molar-refractivity contribution is 0.414. The zero-order chi connectivity index (χ0) is 20.2. The summed E-state index contributed by atoms with van der Waals surface area (Å²) in [7, 11) is 3.52. The molecule has 4 heteroatoms. The highest BCUT2D eigenvalue weighted by molar-refractivity contribution is 5.97. The summed E-state index contributed by atoms with van der Waals surface area (Å²) in [4.78, 5) is 13.0. The van der Waals surface area contributed by atoms with E-state index in [1.165, 1.54) is 0 Å². The number of hydrogen-bond acceptors (Lipinski definition) is 3. The van der Waals surface area contributed by atoms with Crippen molar-refractivity contribution in [3.63, 3.8) is 0 Å². The monoisotopic (exact) mass is 384 g/mol. The van der Waals surface area contributed by atoms with Crippen LogP contribution in [0.15, 0.2) is 83.7 Å². The van der Waals surface area contributed by atoms with Crippen LogP contribution in [-0.4, -0.2) is 11.7 Å². The maximum atomic E-state index is 13.0. The largest absolute Gasteiger partial charge is 0.497 e. The standard InChI is InChI=1S/C25H24N2O2/c1-27-23(17-26-16-18-12-14-20(29-2)15-13-18)24(19-8-4-3-5-9-19)21-10-6-7-11-22(21)25(27)28/h3-15,26H,16-17H2,1-2H3. The summed E-state index contributed by atoms with van der Waals surface area (Å²) in [6, 6.07) is 26.1. The Morgan fingerprint density at radius 2 is 1.48 bits per heavy atom. The summed E-state index contributed by atoms with van der Waals surface area (Å²) in [5.41, 5.74) is 4.39. The van der Waals surface area contributed by atoms with Gasteiger partial charge in [0.15, 0.2) is 0 Å². The maximum Gasteiger partial charge on any atom is 0.258 e. The Morgan fingerprint density at radius 1 is 0.828 bits per heavy atom. The van der Waals surface area contributed by atoms with Crippen molar-refractivity contribution in [2.24, 2.45) is 7.05 Å². The average molecular weight is 384 g/mol. The van der Waals surface area contributed by atoms with Gasteiger partial charge in [-0.05, 0) is 34.7 Å². The second-order valence-electron chi connectivity index (χ2n) is 7.05. The van der Waals surface area contributed by atoms with Crippen molar-refractivity contribution in [2.45, 2.75) is 13.1 Å². The number of pyridine rings is 1. The molecule has 1 heterocycles. The van der Waals surface area contributed by atoms with Crippen molar-refractivity contribution in [1.82, 2.24) is 9.88 Å². The van der Waals surface area contributed by atoms with Crippen molar-refractivity contribution in [3.05, 3.63) is 100 Å². The molecule has 29 heavy (non-hydrogen) atoms. The highest BCUT2D eigenvalue weighted by Gasteiger charge is 2.15. The summed E-state index contributed by atoms with van der Waals surface area (Å²) in [5.74, 6) is 0.844. The van der Waals surface area contributed by atoms with Crippen molar-refractivity contribution in [2.75, 3.05) is 7.11 Å². The van der Waals surface area contributed by atoms with Gasteiger partial charge in [0.05, 0.1) is 7.11 Å². The van der Waals surface area contributed by atoms with E-state index in [-0.39, 0.29) is 5.56 Å². The van der Waals surface area contributed by atoms with Gasteiger partial charge in [0.25, 0.3) is 5.56 Å². The molecule has 0 radical (unpaired) electrons. The molecular weight excluding hydrogens is 360 g/mol. The second kappa shape index (κ2) is 8.33. The van der Waals surface area contributed by atoms with Gasteiger partial charge in [-0.3, -0.25) is 4.79 Å². The molecule has 3 aromatic carbocycles. The second-order valence-corrected chi connectivity index (χ2v) is 7.05. The van der Waals surface area contributed by atoms with Crippen LogP contribution in [0.25, 0.3) is 21.9 Å². The first-order chi connectivity index (χ1) is 14.2. The predicted molar refractivity (Wildman–Crippen MR) is 118 cm³/mol. The van der Waals surface area contributed by atoms with E-state index in [1.807, 2.05) is 73.8 Å². The van der Waals surface area contributed by atoms with E-state index < -0.39 is 0 Å². The number of aromatic nitrogens is 1. The molecule has 0 bridgehead atoms. The van der Waals surface area contributed by atoms with Gasteiger partial charge in [-0.25, -0.2) is 0 Å². The van der Waals surface area contributed by atoms with Crippen LogP contribution in [0.3, 0.4) is 0 Å². The highest BCUT2D eigenvalue weighted by Crippen LogP contribution is 2.30. The SMILES string of the molecule is COc1ccc(CNCc2c(-c3ccccc3)c3ccccc3c(=O)n2C)cc1. The van der Waals surface area contributed by atoms with Gasteiger partial charge in [-0.1, -0.05) is 60.7 Å². The Hall–Kier alpha value is -3.37. The summed E-state index contributed by atoms with van der Waals surface area (Å²) >= 11 is 0. The van der Waals surface area contributed by atoms with E-state index in [2.05, 4.69) is 17.4 Å². The molecule has 0 aliphatic carbocycles. The molecule has 1 N–H and O–H groups in total. The molecule has 146 valence electrons. The van der Waals surface area contributed by atoms with E-state index in [0.29, 0.717) is 13.1 Å². The molecule has 0 spiro atoms. The summed E-state index contributed by atoms with van der Waals surface area (Å²) in [5, 5.41) is 5.23. The van der Waals surface area contributed by atoms with Crippen LogP contribution < -0.4 is 15.6 Å². The zero-order valence-electron chi connectivity index (χ0n) is 16.7. The van der Waals surface area contributed by atoms with E-state index in [4.69, 9.17) is 4.74 Å². The van der Waals surface area contributed by atoms with Crippen molar-refractivity contribution >= 4 is 10.8 Å². The van der Waals surface area contributed by atoms with Crippen LogP contribution in [-0.2, 0) is 20.1 Å². The number of ether oxygens (including phenoxy) is 1. The maximum absolute atomic E-state index is 13.0. The average Bonchev–Trinajstić information content (AvgIpc) is 2.78. The molecule has 0 saturated heterocycles. The number of fused-ring (bicyclic) bond motifs is 1. The zero-order valence-corrected chi connectivity index (χ0v) is 16.7. The van der Waals surface area contributed by atoms with Crippen LogP contribution in [0, 0.1) is 0 Å². The number of methoxy groups -OCH3 is 1. The molecule has 0 aliphatic heterocycles. The fraction of sp³-hybridized carbons (Fsp3) is 0.160. The van der Waals surface area contributed by atoms with Crippen LogP contribution >= 0.6 is 0 Å². The molecule has 0 aliphatic rings. The fourth-order valence-electron chi connectivity index (χ4n) is 3.72. The van der Waals surface area contributed by atoms with Crippen LogP contribution in [0.2, 0.25) is 0 Å². The summed E-state index contributed by atoms with van der Waals surface area (Å²) in [6.45, 7) is 1.30. The fourth-order valence-corrected chi connectivity index (χ4v) is 3.72. The molecule has 0 atom stereocenters. The van der Waals surface area contributed by atoms with Gasteiger partial charge in [0.2, 0.25) is 0 Å². The summed E-state index contributed by atoms with van der Waals surface area (Å²) < 4.78 is 6.99. The predicted octanol–water partition coefficient (Wildman–Crippen LogP) is 4.50. The van der Waals surface area contributed by atoms with Crippen molar-refractivity contribution in [1.29, 1.82) is 0 Å². The van der Waals surface area contributed by atoms with Gasteiger partial charge < -0.3 is 14.6 Å². The molecule has 1 aromatic heterocycles. The van der Waals surface area contributed by atoms with Crippen LogP contribution in [0.5, 0.6) is 5.75 Å². The molecule has 0 amide bonds. The van der Waals surface area contributed by atoms with E-state index in [9.17, 15) is 4.79 Å². The first-order valence-electron chi connectivity index (χ1n) is 9.68. The molecule has 4 rings (SSSR count). The van der Waals surface area contributed by atoms with Crippen LogP contribution in [0.1, 0.15) is 11.3 Å². The van der Waals surface area contributed by atoms with Gasteiger partial charge in [0.1, 0.15) is 5.75 Å². The third kappa shape index (κ3) is 3.80. The minimum Gasteiger partial charge on any atom is -0.497 e. The molecule has 0 unspecified atom stereocenters. The highest BCUT2D eigenvalue weighted by atomic mass is 16.5. The molecule has 0 saturated carbocycles. The first kappa shape index (κ1) is 19.0. The molecule has 4 nitrogen and oxygen atoms in total.